The number of fused-ring (bicyclic) bond motifs is 1. The maximum Gasteiger partial charge on any atom is 0.308 e. The van der Waals surface area contributed by atoms with Gasteiger partial charge in [0.1, 0.15) is 5.82 Å². The first kappa shape index (κ1) is 24.2. The fraction of sp³-hybridized carbons (Fsp3) is 0.348. The number of hydrogen-bond acceptors (Lipinski definition) is 7. The van der Waals surface area contributed by atoms with Crippen molar-refractivity contribution in [2.45, 2.75) is 43.9 Å². The highest BCUT2D eigenvalue weighted by molar-refractivity contribution is 7.89. The van der Waals surface area contributed by atoms with Crippen molar-refractivity contribution in [1.29, 1.82) is 0 Å². The fourth-order valence-corrected chi connectivity index (χ4v) is 4.73. The molecular formula is C23H27N3O6S. The van der Waals surface area contributed by atoms with Gasteiger partial charge in [-0.3, -0.25) is 13.9 Å². The highest BCUT2D eigenvalue weighted by Gasteiger charge is 2.39. The minimum Gasteiger partial charge on any atom is -0.454 e. The lowest BCUT2D eigenvalue weighted by Crippen LogP contribution is -2.37. The SMILES string of the molecule is CCCCCCC(=O)OCOC1=C(C(=O)Nc2ccccn2)N(C)S(=O)(=O)c2ccccc21. The first-order valence-corrected chi connectivity index (χ1v) is 12.1. The van der Waals surface area contributed by atoms with Crippen LogP contribution in [-0.2, 0) is 29.1 Å². The number of unbranched alkanes of at least 4 members (excludes halogenated alkanes) is 3. The summed E-state index contributed by atoms with van der Waals surface area (Å²) in [4.78, 5) is 29.1. The van der Waals surface area contributed by atoms with Gasteiger partial charge in [0, 0.05) is 25.2 Å². The Kier molecular flexibility index (Phi) is 8.05. The lowest BCUT2D eigenvalue weighted by atomic mass is 10.1. The maximum absolute atomic E-state index is 13.1. The largest absolute Gasteiger partial charge is 0.454 e. The highest BCUT2D eigenvalue weighted by atomic mass is 32.2. The summed E-state index contributed by atoms with van der Waals surface area (Å²) in [6, 6.07) is 11.1. The van der Waals surface area contributed by atoms with Crippen molar-refractivity contribution in [3.8, 4) is 0 Å². The molecule has 0 unspecified atom stereocenters. The molecule has 0 bridgehead atoms. The van der Waals surface area contributed by atoms with Gasteiger partial charge in [0.15, 0.2) is 11.5 Å². The molecule has 1 aromatic heterocycles. The molecule has 10 heteroatoms. The number of amides is 1. The summed E-state index contributed by atoms with van der Waals surface area (Å²) in [6.07, 6.45) is 5.52. The average Bonchev–Trinajstić information content (AvgIpc) is 2.81. The third-order valence-corrected chi connectivity index (χ3v) is 6.89. The summed E-state index contributed by atoms with van der Waals surface area (Å²) in [5.74, 6) is -0.904. The van der Waals surface area contributed by atoms with E-state index >= 15 is 0 Å². The number of nitrogens with one attached hydrogen (secondary N) is 1. The van der Waals surface area contributed by atoms with Gasteiger partial charge < -0.3 is 14.8 Å². The Morgan fingerprint density at radius 3 is 2.55 bits per heavy atom. The number of carbonyl (C=O) groups excluding carboxylic acids is 2. The summed E-state index contributed by atoms with van der Waals surface area (Å²) in [6.45, 7) is 1.63. The summed E-state index contributed by atoms with van der Waals surface area (Å²) >= 11 is 0. The minimum absolute atomic E-state index is 0.00450. The van der Waals surface area contributed by atoms with Crippen molar-refractivity contribution in [1.82, 2.24) is 9.29 Å². The van der Waals surface area contributed by atoms with Gasteiger partial charge in [-0.2, -0.15) is 0 Å². The third-order valence-electron chi connectivity index (χ3n) is 5.08. The maximum atomic E-state index is 13.1. The number of benzene rings is 1. The Labute approximate surface area is 193 Å². The molecule has 1 amide bonds. The molecule has 0 atom stereocenters. The lowest BCUT2D eigenvalue weighted by molar-refractivity contribution is -0.151. The van der Waals surface area contributed by atoms with E-state index in [0.29, 0.717) is 0 Å². The topological polar surface area (TPSA) is 115 Å². The van der Waals surface area contributed by atoms with Crippen molar-refractivity contribution in [3.05, 3.63) is 59.9 Å². The van der Waals surface area contributed by atoms with E-state index in [1.807, 2.05) is 0 Å². The number of esters is 1. The molecule has 0 saturated carbocycles. The van der Waals surface area contributed by atoms with Crippen molar-refractivity contribution in [3.63, 3.8) is 0 Å². The molecule has 2 heterocycles. The third kappa shape index (κ3) is 5.70. The molecule has 0 saturated heterocycles. The van der Waals surface area contributed by atoms with E-state index in [1.165, 1.54) is 25.4 Å². The molecule has 1 N–H and O–H groups in total. The summed E-state index contributed by atoms with van der Waals surface area (Å²) in [7, 11) is -2.73. The first-order chi connectivity index (χ1) is 15.9. The number of likely N-dealkylation sites (N-methyl/N-ethyl adjacent to an activating group) is 1. The Morgan fingerprint density at radius 2 is 1.82 bits per heavy atom. The van der Waals surface area contributed by atoms with Crippen molar-refractivity contribution in [2.75, 3.05) is 19.2 Å². The van der Waals surface area contributed by atoms with Crippen molar-refractivity contribution < 1.29 is 27.5 Å². The zero-order valence-electron chi connectivity index (χ0n) is 18.6. The molecule has 2 aromatic rings. The molecule has 9 nitrogen and oxygen atoms in total. The predicted molar refractivity (Wildman–Crippen MR) is 122 cm³/mol. The van der Waals surface area contributed by atoms with Gasteiger partial charge in [-0.15, -0.1) is 0 Å². The van der Waals surface area contributed by atoms with Crippen LogP contribution in [-0.4, -0.2) is 43.4 Å². The van der Waals surface area contributed by atoms with E-state index in [1.54, 1.807) is 30.3 Å². The molecule has 0 fully saturated rings. The van der Waals surface area contributed by atoms with Crippen LogP contribution in [0.4, 0.5) is 5.82 Å². The van der Waals surface area contributed by atoms with E-state index in [2.05, 4.69) is 17.2 Å². The van der Waals surface area contributed by atoms with Gasteiger partial charge in [-0.1, -0.05) is 44.4 Å². The first-order valence-electron chi connectivity index (χ1n) is 10.7. The van der Waals surface area contributed by atoms with Crippen LogP contribution in [0.3, 0.4) is 0 Å². The van der Waals surface area contributed by atoms with Gasteiger partial charge in [0.2, 0.25) is 6.79 Å². The molecule has 0 aliphatic carbocycles. The van der Waals surface area contributed by atoms with E-state index in [9.17, 15) is 18.0 Å². The predicted octanol–water partition coefficient (Wildman–Crippen LogP) is 3.51. The number of hydrogen-bond donors (Lipinski definition) is 1. The Morgan fingerprint density at radius 1 is 1.06 bits per heavy atom. The standard InChI is InChI=1S/C23H27N3O6S/c1-3-4-5-6-14-20(27)31-16-32-22-17-11-7-8-12-18(17)33(29,30)26(2)21(22)23(28)25-19-13-9-10-15-24-19/h7-13,15H,3-6,14,16H2,1-2H3,(H,24,25,28). The van der Waals surface area contributed by atoms with Crippen molar-refractivity contribution in [2.24, 2.45) is 0 Å². The van der Waals surface area contributed by atoms with Gasteiger partial charge in [0.05, 0.1) is 4.90 Å². The number of rotatable bonds is 10. The number of carbonyl (C=O) groups is 2. The highest BCUT2D eigenvalue weighted by Crippen LogP contribution is 2.36. The van der Waals surface area contributed by atoms with E-state index in [-0.39, 0.29) is 34.2 Å². The number of nitrogens with zero attached hydrogens (tertiary/aromatic N) is 2. The second-order valence-corrected chi connectivity index (χ2v) is 9.34. The number of anilines is 1. The van der Waals surface area contributed by atoms with E-state index in [0.717, 1.165) is 30.0 Å². The number of sulfonamides is 1. The Bertz CT molecular complexity index is 1130. The smallest absolute Gasteiger partial charge is 0.308 e. The second kappa shape index (κ2) is 11.0. The van der Waals surface area contributed by atoms with Gasteiger partial charge >= 0.3 is 5.97 Å². The number of ether oxygens (including phenoxy) is 2. The Hall–Kier alpha value is -3.40. The minimum atomic E-state index is -3.99. The van der Waals surface area contributed by atoms with E-state index < -0.39 is 28.7 Å². The van der Waals surface area contributed by atoms with Crippen LogP contribution in [0.15, 0.2) is 59.3 Å². The molecule has 33 heavy (non-hydrogen) atoms. The van der Waals surface area contributed by atoms with Crippen LogP contribution in [0.25, 0.3) is 5.76 Å². The normalized spacial score (nSPS) is 14.4. The monoisotopic (exact) mass is 473 g/mol. The van der Waals surface area contributed by atoms with Gasteiger partial charge in [-0.05, 0) is 30.7 Å². The summed E-state index contributed by atoms with van der Waals surface area (Å²) in [5.41, 5.74) is -0.0286. The number of pyridine rings is 1. The van der Waals surface area contributed by atoms with Crippen LogP contribution in [0, 0.1) is 0 Å². The quantitative estimate of drug-likeness (QED) is 0.319. The molecule has 0 radical (unpaired) electrons. The summed E-state index contributed by atoms with van der Waals surface area (Å²) < 4.78 is 37.8. The molecule has 3 rings (SSSR count). The van der Waals surface area contributed by atoms with Gasteiger partial charge in [-0.25, -0.2) is 13.4 Å². The number of aromatic nitrogens is 1. The second-order valence-electron chi connectivity index (χ2n) is 7.40. The molecule has 176 valence electrons. The summed E-state index contributed by atoms with van der Waals surface area (Å²) in [5, 5.41) is 2.58. The molecule has 0 spiro atoms. The average molecular weight is 474 g/mol. The van der Waals surface area contributed by atoms with Crippen LogP contribution in [0.2, 0.25) is 0 Å². The molecule has 1 aliphatic heterocycles. The van der Waals surface area contributed by atoms with Crippen molar-refractivity contribution >= 4 is 33.5 Å². The van der Waals surface area contributed by atoms with E-state index in [4.69, 9.17) is 9.47 Å². The van der Waals surface area contributed by atoms with Crippen LogP contribution in [0.5, 0.6) is 0 Å². The molecule has 1 aliphatic rings. The van der Waals surface area contributed by atoms with Crippen LogP contribution in [0.1, 0.15) is 44.6 Å². The molecular weight excluding hydrogens is 446 g/mol. The zero-order chi connectivity index (χ0) is 23.8. The van der Waals surface area contributed by atoms with Crippen LogP contribution < -0.4 is 5.32 Å². The fourth-order valence-electron chi connectivity index (χ4n) is 3.34. The zero-order valence-corrected chi connectivity index (χ0v) is 19.4. The Balaban J connectivity index is 1.86. The van der Waals surface area contributed by atoms with Crippen LogP contribution >= 0.6 is 0 Å². The molecule has 1 aromatic carbocycles. The lowest BCUT2D eigenvalue weighted by Gasteiger charge is -2.30. The van der Waals surface area contributed by atoms with Gasteiger partial charge in [0.25, 0.3) is 15.9 Å².